The van der Waals surface area contributed by atoms with E-state index in [2.05, 4.69) is 15.0 Å². The normalized spacial score (nSPS) is 11.3. The fourth-order valence-electron chi connectivity index (χ4n) is 2.62. The number of hydrogen-bond acceptors (Lipinski definition) is 4. The van der Waals surface area contributed by atoms with Crippen LogP contribution in [0.2, 0.25) is 0 Å². The molecule has 0 aliphatic heterocycles. The predicted molar refractivity (Wildman–Crippen MR) is 83.3 cm³/mol. The van der Waals surface area contributed by atoms with Gasteiger partial charge in [0, 0.05) is 29.4 Å². The molecule has 0 spiro atoms. The molecule has 21 heavy (non-hydrogen) atoms. The molecule has 3 aromatic heterocycles. The number of hydrogen-bond donors (Lipinski definition) is 1. The largest absolute Gasteiger partial charge is 0.369 e. The van der Waals surface area contributed by atoms with Gasteiger partial charge in [0.15, 0.2) is 5.65 Å². The molecule has 0 atom stereocenters. The highest BCUT2D eigenvalue weighted by Crippen LogP contribution is 2.27. The van der Waals surface area contributed by atoms with Crippen LogP contribution in [0.25, 0.3) is 27.6 Å². The minimum absolute atomic E-state index is 0.437. The van der Waals surface area contributed by atoms with Crippen LogP contribution in [0.1, 0.15) is 5.56 Å². The zero-order chi connectivity index (χ0) is 14.4. The fraction of sp³-hybridized carbons (Fsp3) is 0.0625. The molecule has 5 nitrogen and oxygen atoms in total. The molecule has 0 unspecified atom stereocenters. The van der Waals surface area contributed by atoms with Crippen molar-refractivity contribution in [2.24, 2.45) is 0 Å². The SMILES string of the molecule is Cc1cnc2c(c1)nc(N)n2-c1cccc2cnccc12. The lowest BCUT2D eigenvalue weighted by Gasteiger charge is -2.09. The number of pyridine rings is 2. The van der Waals surface area contributed by atoms with Crippen LogP contribution in [-0.2, 0) is 0 Å². The summed E-state index contributed by atoms with van der Waals surface area (Å²) in [6.07, 6.45) is 5.44. The highest BCUT2D eigenvalue weighted by Gasteiger charge is 2.13. The molecule has 2 N–H and O–H groups in total. The summed E-state index contributed by atoms with van der Waals surface area (Å²) in [5, 5.41) is 2.13. The van der Waals surface area contributed by atoms with Crippen molar-refractivity contribution in [2.75, 3.05) is 5.73 Å². The number of benzene rings is 1. The molecule has 0 saturated carbocycles. The Morgan fingerprint density at radius 3 is 2.95 bits per heavy atom. The Labute approximate surface area is 121 Å². The van der Waals surface area contributed by atoms with Crippen LogP contribution in [0, 0.1) is 6.92 Å². The van der Waals surface area contributed by atoms with Gasteiger partial charge in [-0.2, -0.15) is 0 Å². The first-order chi connectivity index (χ1) is 10.2. The summed E-state index contributed by atoms with van der Waals surface area (Å²) in [5.74, 6) is 0.437. The second-order valence-corrected chi connectivity index (χ2v) is 5.03. The van der Waals surface area contributed by atoms with Crippen molar-refractivity contribution in [1.82, 2.24) is 19.5 Å². The second-order valence-electron chi connectivity index (χ2n) is 5.03. The Morgan fingerprint density at radius 1 is 1.14 bits per heavy atom. The first-order valence-electron chi connectivity index (χ1n) is 6.68. The summed E-state index contributed by atoms with van der Waals surface area (Å²) in [6.45, 7) is 1.99. The van der Waals surface area contributed by atoms with Gasteiger partial charge < -0.3 is 5.73 Å². The van der Waals surface area contributed by atoms with Gasteiger partial charge in [0.25, 0.3) is 0 Å². The monoisotopic (exact) mass is 275 g/mol. The third kappa shape index (κ3) is 1.74. The molecular weight excluding hydrogens is 262 g/mol. The molecule has 0 radical (unpaired) electrons. The Morgan fingerprint density at radius 2 is 2.05 bits per heavy atom. The molecule has 3 heterocycles. The van der Waals surface area contributed by atoms with Crippen LogP contribution in [0.15, 0.2) is 48.9 Å². The molecular formula is C16H13N5. The standard InChI is InChI=1S/C16H13N5/c1-10-7-13-15(19-8-10)21(16(17)20-13)14-4-2-3-11-9-18-6-5-12(11)14/h2-9H,1H3,(H2,17,20). The van der Waals surface area contributed by atoms with E-state index in [1.54, 1.807) is 6.20 Å². The van der Waals surface area contributed by atoms with E-state index in [4.69, 9.17) is 5.73 Å². The molecule has 0 fully saturated rings. The van der Waals surface area contributed by atoms with E-state index in [0.29, 0.717) is 5.95 Å². The van der Waals surface area contributed by atoms with Crippen molar-refractivity contribution in [3.05, 3.63) is 54.5 Å². The molecule has 5 heteroatoms. The summed E-state index contributed by atoms with van der Waals surface area (Å²) in [4.78, 5) is 13.1. The van der Waals surface area contributed by atoms with Crippen molar-refractivity contribution in [3.8, 4) is 5.69 Å². The predicted octanol–water partition coefficient (Wildman–Crippen LogP) is 2.86. The van der Waals surface area contributed by atoms with E-state index < -0.39 is 0 Å². The van der Waals surface area contributed by atoms with E-state index in [0.717, 1.165) is 33.2 Å². The van der Waals surface area contributed by atoms with Gasteiger partial charge in [-0.05, 0) is 30.7 Å². The van der Waals surface area contributed by atoms with Crippen molar-refractivity contribution in [2.45, 2.75) is 6.92 Å². The lowest BCUT2D eigenvalue weighted by molar-refractivity contribution is 1.09. The molecule has 0 bridgehead atoms. The van der Waals surface area contributed by atoms with E-state index in [1.807, 2.05) is 54.2 Å². The molecule has 1 aromatic carbocycles. The molecule has 0 amide bonds. The summed E-state index contributed by atoms with van der Waals surface area (Å²) >= 11 is 0. The highest BCUT2D eigenvalue weighted by atomic mass is 15.2. The van der Waals surface area contributed by atoms with Gasteiger partial charge in [0.1, 0.15) is 5.52 Å². The quantitative estimate of drug-likeness (QED) is 0.580. The van der Waals surface area contributed by atoms with Gasteiger partial charge in [-0.3, -0.25) is 9.55 Å². The van der Waals surface area contributed by atoms with Crippen molar-refractivity contribution < 1.29 is 0 Å². The maximum Gasteiger partial charge on any atom is 0.207 e. The van der Waals surface area contributed by atoms with Crippen LogP contribution >= 0.6 is 0 Å². The zero-order valence-corrected chi connectivity index (χ0v) is 11.5. The number of aryl methyl sites for hydroxylation is 1. The van der Waals surface area contributed by atoms with Crippen LogP contribution in [0.5, 0.6) is 0 Å². The Bertz CT molecular complexity index is 966. The van der Waals surface area contributed by atoms with E-state index in [1.165, 1.54) is 0 Å². The average molecular weight is 275 g/mol. The number of nitrogens with two attached hydrogens (primary N) is 1. The molecule has 4 aromatic rings. The summed E-state index contributed by atoms with van der Waals surface area (Å²) < 4.78 is 1.89. The third-order valence-electron chi connectivity index (χ3n) is 3.56. The van der Waals surface area contributed by atoms with Crippen molar-refractivity contribution >= 4 is 27.9 Å². The summed E-state index contributed by atoms with van der Waals surface area (Å²) in [6, 6.07) is 9.99. The maximum absolute atomic E-state index is 6.12. The number of aromatic nitrogens is 4. The van der Waals surface area contributed by atoms with Crippen LogP contribution in [-0.4, -0.2) is 19.5 Å². The lowest BCUT2D eigenvalue weighted by Crippen LogP contribution is -2.02. The minimum atomic E-state index is 0.437. The summed E-state index contributed by atoms with van der Waals surface area (Å²) in [5.41, 5.74) is 9.72. The molecule has 0 aliphatic rings. The fourth-order valence-corrected chi connectivity index (χ4v) is 2.62. The molecule has 0 saturated heterocycles. The average Bonchev–Trinajstić information content (AvgIpc) is 2.81. The van der Waals surface area contributed by atoms with Crippen LogP contribution in [0.4, 0.5) is 5.95 Å². The Kier molecular flexibility index (Phi) is 2.41. The van der Waals surface area contributed by atoms with Crippen molar-refractivity contribution in [3.63, 3.8) is 0 Å². The third-order valence-corrected chi connectivity index (χ3v) is 3.56. The molecule has 102 valence electrons. The van der Waals surface area contributed by atoms with E-state index >= 15 is 0 Å². The number of rotatable bonds is 1. The number of nitrogen functional groups attached to an aromatic ring is 1. The second kappa shape index (κ2) is 4.28. The van der Waals surface area contributed by atoms with Crippen LogP contribution in [0.3, 0.4) is 0 Å². The molecule has 4 rings (SSSR count). The first-order valence-corrected chi connectivity index (χ1v) is 6.68. The first kappa shape index (κ1) is 11.8. The van der Waals surface area contributed by atoms with Gasteiger partial charge in [0.05, 0.1) is 5.69 Å². The minimum Gasteiger partial charge on any atom is -0.369 e. The number of imidazole rings is 1. The van der Waals surface area contributed by atoms with Crippen LogP contribution < -0.4 is 5.73 Å². The smallest absolute Gasteiger partial charge is 0.207 e. The van der Waals surface area contributed by atoms with Gasteiger partial charge in [-0.1, -0.05) is 12.1 Å². The van der Waals surface area contributed by atoms with Crippen molar-refractivity contribution in [1.29, 1.82) is 0 Å². The highest BCUT2D eigenvalue weighted by molar-refractivity contribution is 5.92. The van der Waals surface area contributed by atoms with E-state index in [9.17, 15) is 0 Å². The lowest BCUT2D eigenvalue weighted by atomic mass is 10.1. The number of anilines is 1. The topological polar surface area (TPSA) is 69.6 Å². The van der Waals surface area contributed by atoms with Gasteiger partial charge in [-0.25, -0.2) is 9.97 Å². The number of fused-ring (bicyclic) bond motifs is 2. The maximum atomic E-state index is 6.12. The Balaban J connectivity index is 2.11. The van der Waals surface area contributed by atoms with E-state index in [-0.39, 0.29) is 0 Å². The van der Waals surface area contributed by atoms with Gasteiger partial charge in [0.2, 0.25) is 5.95 Å². The Hall–Kier alpha value is -2.95. The summed E-state index contributed by atoms with van der Waals surface area (Å²) in [7, 11) is 0. The zero-order valence-electron chi connectivity index (χ0n) is 11.5. The van der Waals surface area contributed by atoms with Gasteiger partial charge >= 0.3 is 0 Å². The van der Waals surface area contributed by atoms with Gasteiger partial charge in [-0.15, -0.1) is 0 Å². The number of nitrogens with zero attached hydrogens (tertiary/aromatic N) is 4. The molecule has 0 aliphatic carbocycles.